The van der Waals surface area contributed by atoms with Gasteiger partial charge in [0.25, 0.3) is 0 Å². The molecule has 4 amide bonds. The summed E-state index contributed by atoms with van der Waals surface area (Å²) in [6.07, 6.45) is 4.15. The molecule has 1 saturated carbocycles. The van der Waals surface area contributed by atoms with Crippen LogP contribution >= 0.6 is 0 Å². The molecule has 0 saturated heterocycles. The molecule has 0 bridgehead atoms. The van der Waals surface area contributed by atoms with E-state index in [9.17, 15) is 9.59 Å². The van der Waals surface area contributed by atoms with Gasteiger partial charge in [-0.1, -0.05) is 6.42 Å². The van der Waals surface area contributed by atoms with Gasteiger partial charge in [0.2, 0.25) is 13.6 Å². The molecule has 2 aliphatic heterocycles. The molecular formula is C24H28N4O6. The van der Waals surface area contributed by atoms with Crippen LogP contribution < -0.4 is 40.2 Å². The van der Waals surface area contributed by atoms with Crippen molar-refractivity contribution in [3.63, 3.8) is 0 Å². The molecule has 0 aromatic heterocycles. The Hall–Kier alpha value is -3.82. The van der Waals surface area contributed by atoms with Crippen molar-refractivity contribution < 1.29 is 28.5 Å². The third-order valence-corrected chi connectivity index (χ3v) is 6.25. The first-order chi connectivity index (χ1) is 16.6. The Labute approximate surface area is 197 Å². The van der Waals surface area contributed by atoms with E-state index in [0.29, 0.717) is 59.3 Å². The van der Waals surface area contributed by atoms with Crippen LogP contribution in [-0.2, 0) is 0 Å². The minimum Gasteiger partial charge on any atom is -0.454 e. The van der Waals surface area contributed by atoms with Crippen molar-refractivity contribution in [2.75, 3.05) is 37.3 Å². The largest absolute Gasteiger partial charge is 0.454 e. The Balaban J connectivity index is 1.02. The van der Waals surface area contributed by atoms with Crippen molar-refractivity contribution in [1.82, 2.24) is 10.6 Å². The van der Waals surface area contributed by atoms with E-state index in [2.05, 4.69) is 21.3 Å². The predicted octanol–water partition coefficient (Wildman–Crippen LogP) is 3.89. The highest BCUT2D eigenvalue weighted by molar-refractivity contribution is 5.90. The van der Waals surface area contributed by atoms with Gasteiger partial charge >= 0.3 is 12.1 Å². The maximum absolute atomic E-state index is 12.3. The van der Waals surface area contributed by atoms with Crippen LogP contribution in [0.3, 0.4) is 0 Å². The summed E-state index contributed by atoms with van der Waals surface area (Å²) in [6.45, 7) is 1.58. The number of hydrogen-bond donors (Lipinski definition) is 4. The van der Waals surface area contributed by atoms with Crippen molar-refractivity contribution in [1.29, 1.82) is 0 Å². The number of fused-ring (bicyclic) bond motifs is 2. The zero-order valence-corrected chi connectivity index (χ0v) is 18.7. The Morgan fingerprint density at radius 1 is 0.706 bits per heavy atom. The Morgan fingerprint density at radius 2 is 1.18 bits per heavy atom. The molecule has 2 aromatic carbocycles. The molecule has 34 heavy (non-hydrogen) atoms. The molecule has 1 fully saturated rings. The second-order valence-corrected chi connectivity index (χ2v) is 8.70. The summed E-state index contributed by atoms with van der Waals surface area (Å²) in [4.78, 5) is 24.6. The van der Waals surface area contributed by atoms with Gasteiger partial charge in [-0.05, 0) is 55.4 Å². The van der Waals surface area contributed by atoms with Gasteiger partial charge in [0.05, 0.1) is 0 Å². The van der Waals surface area contributed by atoms with E-state index in [1.165, 1.54) is 0 Å². The lowest BCUT2D eigenvalue weighted by molar-refractivity contribution is 0.173. The van der Waals surface area contributed by atoms with Crippen molar-refractivity contribution in [3.05, 3.63) is 36.4 Å². The summed E-state index contributed by atoms with van der Waals surface area (Å²) in [5, 5.41) is 11.6. The number of anilines is 2. The monoisotopic (exact) mass is 468 g/mol. The number of benzene rings is 2. The van der Waals surface area contributed by atoms with Gasteiger partial charge in [-0.25, -0.2) is 9.59 Å². The third kappa shape index (κ3) is 5.38. The first-order valence-electron chi connectivity index (χ1n) is 11.5. The van der Waals surface area contributed by atoms with Gasteiger partial charge in [-0.15, -0.1) is 0 Å². The number of rotatable bonds is 6. The summed E-state index contributed by atoms with van der Waals surface area (Å²) in [5.41, 5.74) is 1.31. The molecule has 0 spiro atoms. The average Bonchev–Trinajstić information content (AvgIpc) is 3.50. The zero-order chi connectivity index (χ0) is 23.3. The molecule has 1 aliphatic carbocycles. The minimum atomic E-state index is -0.248. The fraction of sp³-hybridized carbons (Fsp3) is 0.417. The SMILES string of the molecule is O=C(NC[C@H]1CCC[C@H](CNC(=O)Nc2ccc3c(c2)OCO3)C1)Nc1ccc2c(c1)OCO2. The van der Waals surface area contributed by atoms with Crippen molar-refractivity contribution in [2.24, 2.45) is 11.8 Å². The van der Waals surface area contributed by atoms with Gasteiger partial charge in [0.1, 0.15) is 0 Å². The lowest BCUT2D eigenvalue weighted by Crippen LogP contribution is -2.38. The fourth-order valence-electron chi connectivity index (χ4n) is 4.55. The van der Waals surface area contributed by atoms with Gasteiger partial charge in [0, 0.05) is 36.6 Å². The van der Waals surface area contributed by atoms with Crippen LogP contribution in [0.2, 0.25) is 0 Å². The summed E-state index contributed by atoms with van der Waals surface area (Å²) in [5.74, 6) is 3.36. The quantitative estimate of drug-likeness (QED) is 0.511. The number of nitrogens with one attached hydrogen (secondary N) is 4. The van der Waals surface area contributed by atoms with Crippen LogP contribution in [-0.4, -0.2) is 38.7 Å². The molecule has 180 valence electrons. The van der Waals surface area contributed by atoms with Crippen LogP contribution in [0.5, 0.6) is 23.0 Å². The fourth-order valence-corrected chi connectivity index (χ4v) is 4.55. The van der Waals surface area contributed by atoms with E-state index in [1.54, 1.807) is 36.4 Å². The second-order valence-electron chi connectivity index (χ2n) is 8.70. The number of hydrogen-bond acceptors (Lipinski definition) is 6. The molecule has 0 radical (unpaired) electrons. The van der Waals surface area contributed by atoms with Crippen molar-refractivity contribution in [2.45, 2.75) is 25.7 Å². The van der Waals surface area contributed by atoms with E-state index in [-0.39, 0.29) is 25.6 Å². The molecule has 4 N–H and O–H groups in total. The number of urea groups is 2. The average molecular weight is 469 g/mol. The predicted molar refractivity (Wildman–Crippen MR) is 125 cm³/mol. The van der Waals surface area contributed by atoms with Gasteiger partial charge < -0.3 is 40.2 Å². The van der Waals surface area contributed by atoms with E-state index in [0.717, 1.165) is 25.7 Å². The highest BCUT2D eigenvalue weighted by atomic mass is 16.7. The number of ether oxygens (including phenoxy) is 4. The third-order valence-electron chi connectivity index (χ3n) is 6.25. The van der Waals surface area contributed by atoms with Crippen LogP contribution in [0.1, 0.15) is 25.7 Å². The van der Waals surface area contributed by atoms with Gasteiger partial charge in [0.15, 0.2) is 23.0 Å². The number of carbonyl (C=O) groups is 2. The van der Waals surface area contributed by atoms with E-state index >= 15 is 0 Å². The molecule has 2 heterocycles. The first-order valence-corrected chi connectivity index (χ1v) is 11.5. The molecule has 3 aliphatic rings. The molecule has 10 heteroatoms. The lowest BCUT2D eigenvalue weighted by atomic mass is 9.81. The number of carbonyl (C=O) groups excluding carboxylic acids is 2. The van der Waals surface area contributed by atoms with E-state index in [4.69, 9.17) is 18.9 Å². The molecule has 0 unspecified atom stereocenters. The van der Waals surface area contributed by atoms with Crippen molar-refractivity contribution in [3.8, 4) is 23.0 Å². The summed E-state index contributed by atoms with van der Waals surface area (Å²) >= 11 is 0. The molecule has 2 aromatic rings. The van der Waals surface area contributed by atoms with Gasteiger partial charge in [-0.2, -0.15) is 0 Å². The Kier molecular flexibility index (Phi) is 6.46. The van der Waals surface area contributed by atoms with Crippen LogP contribution in [0.4, 0.5) is 21.0 Å². The molecule has 5 rings (SSSR count). The highest BCUT2D eigenvalue weighted by Crippen LogP contribution is 2.35. The smallest absolute Gasteiger partial charge is 0.319 e. The maximum Gasteiger partial charge on any atom is 0.319 e. The first kappa shape index (κ1) is 22.0. The van der Waals surface area contributed by atoms with Crippen LogP contribution in [0, 0.1) is 11.8 Å². The van der Waals surface area contributed by atoms with E-state index in [1.807, 2.05) is 0 Å². The Bertz CT molecular complexity index is 980. The summed E-state index contributed by atoms with van der Waals surface area (Å²) < 4.78 is 21.2. The standard InChI is InChI=1S/C24H28N4O6/c29-23(27-17-4-6-19-21(9-17)33-13-31-19)25-11-15-2-1-3-16(8-15)12-26-24(30)28-18-5-7-20-22(10-18)34-14-32-20/h4-7,9-10,15-16H,1-3,8,11-14H2,(H2,25,27,29)(H2,26,28,30)/t15-,16-/m0/s1. The van der Waals surface area contributed by atoms with Gasteiger partial charge in [-0.3, -0.25) is 0 Å². The molecule has 10 nitrogen and oxygen atoms in total. The molecule has 2 atom stereocenters. The minimum absolute atomic E-state index is 0.197. The molecular weight excluding hydrogens is 440 g/mol. The summed E-state index contributed by atoms with van der Waals surface area (Å²) in [6, 6.07) is 10.1. The topological polar surface area (TPSA) is 119 Å². The second kappa shape index (κ2) is 9.98. The van der Waals surface area contributed by atoms with E-state index < -0.39 is 0 Å². The summed E-state index contributed by atoms with van der Waals surface area (Å²) in [7, 11) is 0. The maximum atomic E-state index is 12.3. The lowest BCUT2D eigenvalue weighted by Gasteiger charge is -2.29. The highest BCUT2D eigenvalue weighted by Gasteiger charge is 2.23. The normalized spacial score (nSPS) is 19.9. The van der Waals surface area contributed by atoms with Crippen molar-refractivity contribution >= 4 is 23.4 Å². The number of amides is 4. The Morgan fingerprint density at radius 3 is 1.68 bits per heavy atom. The van der Waals surface area contributed by atoms with Crippen LogP contribution in [0.25, 0.3) is 0 Å². The van der Waals surface area contributed by atoms with Crippen LogP contribution in [0.15, 0.2) is 36.4 Å². The zero-order valence-electron chi connectivity index (χ0n) is 18.7.